The van der Waals surface area contributed by atoms with Crippen LogP contribution < -0.4 is 15.8 Å². The van der Waals surface area contributed by atoms with Gasteiger partial charge in [-0.3, -0.25) is 28.6 Å². The fourth-order valence-electron chi connectivity index (χ4n) is 8.32. The van der Waals surface area contributed by atoms with E-state index in [0.29, 0.717) is 53.5 Å². The predicted molar refractivity (Wildman–Crippen MR) is 238 cm³/mol. The molecular formula is C45H44ClN11O3S. The lowest BCUT2D eigenvalue weighted by atomic mass is 9.99. The van der Waals surface area contributed by atoms with E-state index in [1.165, 1.54) is 4.88 Å². The Kier molecular flexibility index (Phi) is 10.4. The third kappa shape index (κ3) is 7.41. The lowest BCUT2D eigenvalue weighted by Crippen LogP contribution is -2.49. The Balaban J connectivity index is 0.903. The van der Waals surface area contributed by atoms with Gasteiger partial charge in [-0.25, -0.2) is 4.98 Å². The number of nitrogens with one attached hydrogen (secondary N) is 2. The first kappa shape index (κ1) is 40.0. The minimum Gasteiger partial charge on any atom is -0.353 e. The van der Waals surface area contributed by atoms with Gasteiger partial charge in [-0.1, -0.05) is 23.7 Å². The Morgan fingerprint density at radius 1 is 0.918 bits per heavy atom. The van der Waals surface area contributed by atoms with E-state index in [4.69, 9.17) is 21.6 Å². The third-order valence-electron chi connectivity index (χ3n) is 11.8. The van der Waals surface area contributed by atoms with Gasteiger partial charge in [-0.2, -0.15) is 5.10 Å². The average Bonchev–Trinajstić information content (AvgIpc) is 3.89. The fourth-order valence-corrected chi connectivity index (χ4v) is 9.66. The second-order valence-corrected chi connectivity index (χ2v) is 17.4. The normalized spacial score (nSPS) is 15.1. The van der Waals surface area contributed by atoms with Crippen LogP contribution in [0.15, 0.2) is 76.8 Å². The minimum atomic E-state index is -0.537. The van der Waals surface area contributed by atoms with E-state index < -0.39 is 6.04 Å². The predicted octanol–water partition coefficient (Wildman–Crippen LogP) is 6.72. The monoisotopic (exact) mass is 853 g/mol. The Morgan fingerprint density at radius 2 is 1.67 bits per heavy atom. The molecule has 0 aliphatic carbocycles. The van der Waals surface area contributed by atoms with Crippen molar-refractivity contribution in [3.8, 4) is 16.1 Å². The van der Waals surface area contributed by atoms with Crippen LogP contribution in [0.2, 0.25) is 5.02 Å². The number of carbonyl (C=O) groups is 2. The fraction of sp³-hybridized carbons (Fsp3) is 0.289. The molecule has 61 heavy (non-hydrogen) atoms. The SMILES string of the molecule is Cc1cc(C)c(CNC(=O)c2cc(-c3ccc(N4CCN(C(=O)C[C@@H]5N=C(c6ccc(Cl)cc6)c6c(sc(C)c6C)-n6c(C)nnc65)CC4)nc3)cc3c2cnn3C)c(=O)[nH]1. The van der Waals surface area contributed by atoms with Crippen molar-refractivity contribution in [3.05, 3.63) is 138 Å². The van der Waals surface area contributed by atoms with Gasteiger partial charge in [0.1, 0.15) is 22.7 Å². The van der Waals surface area contributed by atoms with Crippen LogP contribution in [-0.2, 0) is 18.4 Å². The van der Waals surface area contributed by atoms with Crippen molar-refractivity contribution in [1.29, 1.82) is 0 Å². The van der Waals surface area contributed by atoms with Crippen LogP contribution in [0.1, 0.15) is 72.9 Å². The van der Waals surface area contributed by atoms with Gasteiger partial charge in [0.05, 0.1) is 29.4 Å². The molecule has 0 radical (unpaired) electrons. The Morgan fingerprint density at radius 3 is 2.39 bits per heavy atom. The van der Waals surface area contributed by atoms with Gasteiger partial charge in [0.2, 0.25) is 5.91 Å². The summed E-state index contributed by atoms with van der Waals surface area (Å²) in [7, 11) is 1.84. The van der Waals surface area contributed by atoms with Crippen molar-refractivity contribution in [2.24, 2.45) is 12.0 Å². The number of aromatic amines is 1. The van der Waals surface area contributed by atoms with Gasteiger partial charge >= 0.3 is 0 Å². The smallest absolute Gasteiger partial charge is 0.253 e. The second kappa shape index (κ2) is 15.9. The number of anilines is 1. The van der Waals surface area contributed by atoms with Crippen LogP contribution in [0.25, 0.3) is 27.0 Å². The third-order valence-corrected chi connectivity index (χ3v) is 13.2. The number of aliphatic imine (C=N–C) groups is 1. The molecule has 0 bridgehead atoms. The number of hydrogen-bond acceptors (Lipinski definition) is 10. The number of thiophene rings is 1. The maximum absolute atomic E-state index is 14.1. The number of nitrogens with zero attached hydrogens (tertiary/aromatic N) is 9. The number of pyridine rings is 2. The van der Waals surface area contributed by atoms with Gasteiger partial charge in [0.25, 0.3) is 11.5 Å². The van der Waals surface area contributed by atoms with Gasteiger partial charge in [-0.05, 0) is 93.8 Å². The molecule has 2 aliphatic heterocycles. The maximum atomic E-state index is 14.1. The standard InChI is InChI=1S/C45H44ClN11O3S/c1-24-17-25(2)50-44(60)34(24)22-48-43(59)33-18-31(19-37-35(33)23-49-54(37)6)30-9-12-38(47-21-30)55-13-15-56(16-14-55)39(58)20-36-42-53-52-28(5)57(42)45-40(26(3)27(4)61-45)41(51-36)29-7-10-32(46)11-8-29/h7-12,17-19,21,23,36H,13-16,20,22H2,1-6H3,(H,48,59)(H,50,60)/t36-/m0/s1. The molecule has 2 amide bonds. The van der Waals surface area contributed by atoms with Crippen molar-refractivity contribution < 1.29 is 9.59 Å². The topological polar surface area (TPSA) is 159 Å². The molecule has 2 N–H and O–H groups in total. The number of hydrogen-bond donors (Lipinski definition) is 2. The number of carbonyl (C=O) groups excluding carboxylic acids is 2. The Bertz CT molecular complexity index is 2950. The second-order valence-electron chi connectivity index (χ2n) is 15.7. The highest BCUT2D eigenvalue weighted by molar-refractivity contribution is 7.15. The van der Waals surface area contributed by atoms with Crippen LogP contribution in [0.4, 0.5) is 5.82 Å². The number of halogens is 1. The highest BCUT2D eigenvalue weighted by Crippen LogP contribution is 2.40. The summed E-state index contributed by atoms with van der Waals surface area (Å²) in [6.07, 6.45) is 3.64. The summed E-state index contributed by atoms with van der Waals surface area (Å²) in [6, 6.07) is 16.9. The summed E-state index contributed by atoms with van der Waals surface area (Å²) in [5.41, 5.74) is 8.72. The molecule has 0 unspecified atom stereocenters. The number of rotatable bonds is 8. The highest BCUT2D eigenvalue weighted by Gasteiger charge is 2.34. The van der Waals surface area contributed by atoms with Crippen molar-refractivity contribution >= 4 is 57.2 Å². The molecule has 1 atom stereocenters. The van der Waals surface area contributed by atoms with Crippen LogP contribution in [0.3, 0.4) is 0 Å². The van der Waals surface area contributed by atoms with Gasteiger partial charge in [0.15, 0.2) is 5.82 Å². The highest BCUT2D eigenvalue weighted by atomic mass is 35.5. The van der Waals surface area contributed by atoms with Crippen molar-refractivity contribution in [2.75, 3.05) is 31.1 Å². The van der Waals surface area contributed by atoms with Crippen LogP contribution in [-0.4, -0.2) is 83.1 Å². The van der Waals surface area contributed by atoms with E-state index in [0.717, 1.165) is 66.9 Å². The van der Waals surface area contributed by atoms with Gasteiger partial charge in [0, 0.05) is 89.2 Å². The quantitative estimate of drug-likeness (QED) is 0.171. The molecule has 14 nitrogen and oxygen atoms in total. The van der Waals surface area contributed by atoms with E-state index in [9.17, 15) is 14.4 Å². The first-order valence-electron chi connectivity index (χ1n) is 20.1. The van der Waals surface area contributed by atoms with E-state index in [1.54, 1.807) is 22.2 Å². The van der Waals surface area contributed by atoms with E-state index in [2.05, 4.69) is 48.9 Å². The molecule has 2 aliphatic rings. The van der Waals surface area contributed by atoms with E-state index in [1.807, 2.05) is 93.5 Å². The lowest BCUT2D eigenvalue weighted by Gasteiger charge is -2.35. The van der Waals surface area contributed by atoms with Crippen molar-refractivity contribution in [1.82, 2.24) is 44.7 Å². The molecule has 1 saturated heterocycles. The minimum absolute atomic E-state index is 0.00345. The van der Waals surface area contributed by atoms with Gasteiger partial charge in [-0.15, -0.1) is 21.5 Å². The number of fused-ring (bicyclic) bond motifs is 4. The Labute approximate surface area is 360 Å². The number of aromatic nitrogens is 7. The molecule has 1 fully saturated rings. The molecule has 7 heterocycles. The summed E-state index contributed by atoms with van der Waals surface area (Å²) in [4.78, 5) is 58.6. The van der Waals surface area contributed by atoms with Gasteiger partial charge < -0.3 is 20.1 Å². The molecule has 7 aromatic rings. The summed E-state index contributed by atoms with van der Waals surface area (Å²) in [6.45, 7) is 12.2. The summed E-state index contributed by atoms with van der Waals surface area (Å²) >= 11 is 7.97. The zero-order valence-corrected chi connectivity index (χ0v) is 36.3. The zero-order valence-electron chi connectivity index (χ0n) is 34.7. The van der Waals surface area contributed by atoms with Crippen LogP contribution in [0, 0.1) is 34.6 Å². The number of piperazine rings is 1. The first-order chi connectivity index (χ1) is 29.3. The first-order valence-corrected chi connectivity index (χ1v) is 21.3. The molecule has 9 rings (SSSR count). The van der Waals surface area contributed by atoms with E-state index in [-0.39, 0.29) is 30.3 Å². The molecule has 0 saturated carbocycles. The van der Waals surface area contributed by atoms with Crippen molar-refractivity contribution in [3.63, 3.8) is 0 Å². The zero-order chi connectivity index (χ0) is 42.7. The molecule has 16 heteroatoms. The summed E-state index contributed by atoms with van der Waals surface area (Å²) in [5, 5.41) is 18.7. The molecule has 0 spiro atoms. The number of amides is 2. The number of H-pyrrole nitrogens is 1. The molecule has 5 aromatic heterocycles. The van der Waals surface area contributed by atoms with Crippen molar-refractivity contribution in [2.45, 2.75) is 53.6 Å². The summed E-state index contributed by atoms with van der Waals surface area (Å²) in [5.74, 6) is 1.91. The molecule has 310 valence electrons. The summed E-state index contributed by atoms with van der Waals surface area (Å²) < 4.78 is 3.81. The van der Waals surface area contributed by atoms with E-state index >= 15 is 0 Å². The average molecular weight is 854 g/mol. The van der Waals surface area contributed by atoms with Crippen LogP contribution in [0.5, 0.6) is 0 Å². The Hall–Kier alpha value is -6.45. The maximum Gasteiger partial charge on any atom is 0.253 e. The lowest BCUT2D eigenvalue weighted by molar-refractivity contribution is -0.131. The molecule has 2 aromatic carbocycles. The van der Waals surface area contributed by atoms with Crippen LogP contribution >= 0.6 is 22.9 Å². The number of aryl methyl sites for hydroxylation is 5. The number of benzene rings is 2. The molecular weight excluding hydrogens is 810 g/mol. The largest absolute Gasteiger partial charge is 0.353 e.